The van der Waals surface area contributed by atoms with Crippen LogP contribution in [0.1, 0.15) is 57.1 Å². The summed E-state index contributed by atoms with van der Waals surface area (Å²) < 4.78 is 25.8. The first-order valence-corrected chi connectivity index (χ1v) is 14.4. The van der Waals surface area contributed by atoms with E-state index in [0.717, 1.165) is 11.6 Å². The number of alkyl carbamates (subject to hydrolysis) is 1. The van der Waals surface area contributed by atoms with E-state index in [-0.39, 0.29) is 45.4 Å². The van der Waals surface area contributed by atoms with Crippen molar-refractivity contribution in [3.8, 4) is 11.5 Å². The Morgan fingerprint density at radius 1 is 0.750 bits per heavy atom. The van der Waals surface area contributed by atoms with Crippen molar-refractivity contribution >= 4 is 24.1 Å². The minimum absolute atomic E-state index is 0.00236. The number of nitrogens with one attached hydrogen (secondary N) is 2. The molecule has 11 nitrogen and oxygen atoms in total. The largest absolute Gasteiger partial charge is 0.490 e. The number of amides is 2. The highest BCUT2D eigenvalue weighted by molar-refractivity contribution is 5.87. The van der Waals surface area contributed by atoms with Crippen LogP contribution in [-0.2, 0) is 23.8 Å². The van der Waals surface area contributed by atoms with Gasteiger partial charge in [0.05, 0.1) is 13.1 Å². The van der Waals surface area contributed by atoms with Gasteiger partial charge in [0.1, 0.15) is 37.9 Å². The van der Waals surface area contributed by atoms with Crippen LogP contribution in [0.4, 0.5) is 9.59 Å². The van der Waals surface area contributed by atoms with Gasteiger partial charge in [-0.05, 0) is 60.6 Å². The molecule has 2 aromatic rings. The summed E-state index contributed by atoms with van der Waals surface area (Å²) >= 11 is 0. The maximum Gasteiger partial charge on any atom is 0.412 e. The Kier molecular flexibility index (Phi) is 15.6. The van der Waals surface area contributed by atoms with E-state index >= 15 is 0 Å². The molecule has 1 unspecified atom stereocenters. The van der Waals surface area contributed by atoms with E-state index in [2.05, 4.69) is 31.1 Å². The molecule has 11 heteroatoms. The smallest absolute Gasteiger partial charge is 0.412 e. The average Bonchev–Trinajstić information content (AvgIpc) is 3.02. The Labute approximate surface area is 258 Å². The lowest BCUT2D eigenvalue weighted by Gasteiger charge is -2.12. The van der Waals surface area contributed by atoms with Crippen LogP contribution < -0.4 is 20.1 Å². The summed E-state index contributed by atoms with van der Waals surface area (Å²) in [6.45, 7) is 11.7. The molecule has 0 aliphatic rings. The summed E-state index contributed by atoms with van der Waals surface area (Å²) in [6.07, 6.45) is 2.13. The quantitative estimate of drug-likeness (QED) is 0.104. The number of ether oxygens (including phenoxy) is 5. The van der Waals surface area contributed by atoms with E-state index in [1.807, 2.05) is 43.3 Å². The van der Waals surface area contributed by atoms with Gasteiger partial charge in [0.2, 0.25) is 0 Å². The van der Waals surface area contributed by atoms with E-state index in [4.69, 9.17) is 23.7 Å². The second-order valence-electron chi connectivity index (χ2n) is 10.1. The van der Waals surface area contributed by atoms with Gasteiger partial charge in [0.15, 0.2) is 0 Å². The highest BCUT2D eigenvalue weighted by atomic mass is 16.6. The van der Waals surface area contributed by atoms with E-state index in [9.17, 15) is 19.2 Å². The zero-order valence-corrected chi connectivity index (χ0v) is 25.8. The van der Waals surface area contributed by atoms with Crippen LogP contribution >= 0.6 is 0 Å². The van der Waals surface area contributed by atoms with Crippen LogP contribution in [0.2, 0.25) is 0 Å². The monoisotopic (exact) mass is 610 g/mol. The number of hydrogen-bond acceptors (Lipinski definition) is 9. The molecule has 0 heterocycles. The average molecular weight is 611 g/mol. The molecule has 0 bridgehead atoms. The fourth-order valence-electron chi connectivity index (χ4n) is 3.65. The first-order valence-electron chi connectivity index (χ1n) is 14.4. The third-order valence-electron chi connectivity index (χ3n) is 6.28. The summed E-state index contributed by atoms with van der Waals surface area (Å²) in [5.74, 6) is 0.543. The summed E-state index contributed by atoms with van der Waals surface area (Å²) in [6, 6.07) is 14.8. The summed E-state index contributed by atoms with van der Waals surface area (Å²) in [7, 11) is 0. The SMILES string of the molecule is C=CC(=O)OCCNC(=O)Oc1ccc(C(C)C/C=C(\C)C(=O)OCCNC(=O)OCCOc2ccc(C(C)C)cc2)cc1. The lowest BCUT2D eigenvalue weighted by Crippen LogP contribution is -2.30. The van der Waals surface area contributed by atoms with Crippen molar-refractivity contribution in [2.24, 2.45) is 0 Å². The standard InChI is InChI=1S/C33H42N2O9/c1-6-30(36)41-19-17-35-33(39)44-29-15-11-27(12-16-29)24(4)7-8-25(5)31(37)42-20-18-34-32(38)43-22-21-40-28-13-9-26(10-14-28)23(2)3/h6,8-16,23-24H,1,7,17-22H2,2-5H3,(H,34,38)(H,35,39)/b25-8+. The number of esters is 2. The fourth-order valence-corrected chi connectivity index (χ4v) is 3.65. The molecule has 0 spiro atoms. The first-order chi connectivity index (χ1) is 21.1. The number of hydrogen-bond donors (Lipinski definition) is 2. The molecule has 0 radical (unpaired) electrons. The number of carbonyl (C=O) groups is 4. The van der Waals surface area contributed by atoms with Crippen molar-refractivity contribution in [1.82, 2.24) is 10.6 Å². The summed E-state index contributed by atoms with van der Waals surface area (Å²) in [5.41, 5.74) is 2.66. The van der Waals surface area contributed by atoms with E-state index in [1.165, 1.54) is 5.56 Å². The zero-order valence-electron chi connectivity index (χ0n) is 25.8. The van der Waals surface area contributed by atoms with Crippen molar-refractivity contribution in [3.63, 3.8) is 0 Å². The molecule has 2 aromatic carbocycles. The van der Waals surface area contributed by atoms with Gasteiger partial charge in [-0.25, -0.2) is 19.2 Å². The Balaban J connectivity index is 1.60. The molecule has 0 aliphatic carbocycles. The molecule has 44 heavy (non-hydrogen) atoms. The van der Waals surface area contributed by atoms with Crippen molar-refractivity contribution in [2.45, 2.75) is 46.0 Å². The Morgan fingerprint density at radius 2 is 1.34 bits per heavy atom. The molecule has 0 aliphatic heterocycles. The predicted octanol–water partition coefficient (Wildman–Crippen LogP) is 5.42. The summed E-state index contributed by atoms with van der Waals surface area (Å²) in [5, 5.41) is 5.01. The highest BCUT2D eigenvalue weighted by Gasteiger charge is 2.11. The third-order valence-corrected chi connectivity index (χ3v) is 6.28. The van der Waals surface area contributed by atoms with E-state index in [0.29, 0.717) is 29.4 Å². The van der Waals surface area contributed by atoms with Crippen LogP contribution in [0.3, 0.4) is 0 Å². The molecule has 0 saturated heterocycles. The Bertz CT molecular complexity index is 1260. The van der Waals surface area contributed by atoms with Crippen LogP contribution in [0, 0.1) is 0 Å². The van der Waals surface area contributed by atoms with Gasteiger partial charge in [0, 0.05) is 11.6 Å². The van der Waals surface area contributed by atoms with Gasteiger partial charge in [0.25, 0.3) is 0 Å². The van der Waals surface area contributed by atoms with E-state index < -0.39 is 24.1 Å². The molecule has 1 atom stereocenters. The maximum absolute atomic E-state index is 12.3. The Morgan fingerprint density at radius 3 is 1.98 bits per heavy atom. The van der Waals surface area contributed by atoms with Crippen molar-refractivity contribution in [2.75, 3.05) is 39.5 Å². The topological polar surface area (TPSA) is 138 Å². The van der Waals surface area contributed by atoms with Gasteiger partial charge in [-0.15, -0.1) is 0 Å². The van der Waals surface area contributed by atoms with Crippen molar-refractivity contribution < 1.29 is 42.9 Å². The van der Waals surface area contributed by atoms with Gasteiger partial charge >= 0.3 is 24.1 Å². The number of rotatable bonds is 17. The minimum atomic E-state index is -0.668. The van der Waals surface area contributed by atoms with E-state index in [1.54, 1.807) is 25.1 Å². The van der Waals surface area contributed by atoms with Gasteiger partial charge in [-0.3, -0.25) is 0 Å². The van der Waals surface area contributed by atoms with Crippen molar-refractivity contribution in [1.29, 1.82) is 0 Å². The maximum atomic E-state index is 12.3. The van der Waals surface area contributed by atoms with Crippen LogP contribution in [0.5, 0.6) is 11.5 Å². The van der Waals surface area contributed by atoms with Gasteiger partial charge in [-0.1, -0.05) is 57.7 Å². The fraction of sp³-hybridized carbons (Fsp3) is 0.394. The highest BCUT2D eigenvalue weighted by Crippen LogP contribution is 2.23. The molecule has 2 rings (SSSR count). The van der Waals surface area contributed by atoms with Gasteiger partial charge in [-0.2, -0.15) is 0 Å². The lowest BCUT2D eigenvalue weighted by atomic mass is 9.97. The van der Waals surface area contributed by atoms with Crippen LogP contribution in [0.25, 0.3) is 0 Å². The molecule has 0 aromatic heterocycles. The Hall–Kier alpha value is -4.80. The lowest BCUT2D eigenvalue weighted by molar-refractivity contribution is -0.139. The third kappa shape index (κ3) is 13.9. The summed E-state index contributed by atoms with van der Waals surface area (Å²) in [4.78, 5) is 47.0. The van der Waals surface area contributed by atoms with Crippen molar-refractivity contribution in [3.05, 3.63) is 84.0 Å². The molecule has 2 N–H and O–H groups in total. The molecular formula is C33H42N2O9. The molecule has 0 fully saturated rings. The number of allylic oxidation sites excluding steroid dienone is 1. The normalized spacial score (nSPS) is 11.6. The molecule has 0 saturated carbocycles. The van der Waals surface area contributed by atoms with Gasteiger partial charge < -0.3 is 34.3 Å². The second kappa shape index (κ2) is 19.4. The number of carbonyl (C=O) groups excluding carboxylic acids is 4. The first kappa shape index (κ1) is 35.4. The minimum Gasteiger partial charge on any atom is -0.490 e. The molecule has 238 valence electrons. The van der Waals surface area contributed by atoms with Crippen LogP contribution in [0.15, 0.2) is 72.8 Å². The second-order valence-corrected chi connectivity index (χ2v) is 10.1. The molecule has 2 amide bonds. The predicted molar refractivity (Wildman–Crippen MR) is 165 cm³/mol. The number of benzene rings is 2. The zero-order chi connectivity index (χ0) is 32.3. The molecular weight excluding hydrogens is 568 g/mol. The van der Waals surface area contributed by atoms with Crippen LogP contribution in [-0.4, -0.2) is 63.6 Å².